The summed E-state index contributed by atoms with van der Waals surface area (Å²) in [4.78, 5) is 1.36. The van der Waals surface area contributed by atoms with Crippen LogP contribution in [0.25, 0.3) is 11.1 Å². The summed E-state index contributed by atoms with van der Waals surface area (Å²) in [5.41, 5.74) is 3.74. The number of hydrogen-bond donors (Lipinski definition) is 1. The summed E-state index contributed by atoms with van der Waals surface area (Å²) in [6.45, 7) is 5.31. The van der Waals surface area contributed by atoms with Crippen LogP contribution in [-0.4, -0.2) is 16.8 Å². The van der Waals surface area contributed by atoms with Crippen molar-refractivity contribution >= 4 is 11.3 Å². The van der Waals surface area contributed by atoms with Gasteiger partial charge >= 0.3 is 0 Å². The van der Waals surface area contributed by atoms with Gasteiger partial charge in [-0.2, -0.15) is 5.10 Å². The van der Waals surface area contributed by atoms with E-state index in [1.165, 1.54) is 21.7 Å². The van der Waals surface area contributed by atoms with Gasteiger partial charge in [0, 0.05) is 30.2 Å². The van der Waals surface area contributed by atoms with E-state index in [0.29, 0.717) is 5.92 Å². The molecule has 2 aromatic rings. The molecule has 0 saturated heterocycles. The third kappa shape index (κ3) is 2.58. The fraction of sp³-hybridized carbons (Fsp3) is 0.462. The normalized spacial score (nSPS) is 11.4. The maximum absolute atomic E-state index is 4.55. The first-order chi connectivity index (χ1) is 8.11. The Morgan fingerprint density at radius 3 is 2.88 bits per heavy atom. The van der Waals surface area contributed by atoms with Crippen molar-refractivity contribution in [2.24, 2.45) is 7.05 Å². The number of hydrogen-bond acceptors (Lipinski definition) is 3. The molecule has 0 spiro atoms. The first kappa shape index (κ1) is 12.3. The van der Waals surface area contributed by atoms with Crippen molar-refractivity contribution in [2.75, 3.05) is 7.05 Å². The predicted octanol–water partition coefficient (Wildman–Crippen LogP) is 2.99. The molecule has 1 N–H and O–H groups in total. The number of rotatable bonds is 4. The third-order valence-corrected chi connectivity index (χ3v) is 3.66. The zero-order chi connectivity index (χ0) is 12.4. The van der Waals surface area contributed by atoms with Crippen LogP contribution < -0.4 is 5.32 Å². The molecule has 0 radical (unpaired) electrons. The van der Waals surface area contributed by atoms with Gasteiger partial charge in [-0.3, -0.25) is 4.68 Å². The van der Waals surface area contributed by atoms with Gasteiger partial charge in [0.15, 0.2) is 0 Å². The second-order valence-electron chi connectivity index (χ2n) is 4.59. The summed E-state index contributed by atoms with van der Waals surface area (Å²) in [7, 11) is 3.96. The first-order valence-electron chi connectivity index (χ1n) is 5.87. The van der Waals surface area contributed by atoms with Gasteiger partial charge in [0.25, 0.3) is 0 Å². The summed E-state index contributed by atoms with van der Waals surface area (Å²) in [5.74, 6) is 0.457. The molecule has 0 unspecified atom stereocenters. The molecule has 0 atom stereocenters. The van der Waals surface area contributed by atoms with Gasteiger partial charge < -0.3 is 5.32 Å². The Morgan fingerprint density at radius 1 is 1.47 bits per heavy atom. The van der Waals surface area contributed by atoms with Crippen molar-refractivity contribution < 1.29 is 0 Å². The van der Waals surface area contributed by atoms with Crippen LogP contribution in [0.1, 0.15) is 30.3 Å². The number of nitrogens with one attached hydrogen (secondary N) is 1. The molecule has 17 heavy (non-hydrogen) atoms. The Morgan fingerprint density at radius 2 is 2.24 bits per heavy atom. The topological polar surface area (TPSA) is 29.9 Å². The average molecular weight is 249 g/mol. The predicted molar refractivity (Wildman–Crippen MR) is 73.4 cm³/mol. The highest BCUT2D eigenvalue weighted by Crippen LogP contribution is 2.31. The fourth-order valence-corrected chi connectivity index (χ4v) is 2.84. The Kier molecular flexibility index (Phi) is 3.64. The van der Waals surface area contributed by atoms with Gasteiger partial charge in [0.1, 0.15) is 0 Å². The Labute approximate surface area is 106 Å². The summed E-state index contributed by atoms with van der Waals surface area (Å²) in [6, 6.07) is 2.25. The van der Waals surface area contributed by atoms with Crippen molar-refractivity contribution in [3.05, 3.63) is 28.2 Å². The average Bonchev–Trinajstić information content (AvgIpc) is 2.85. The van der Waals surface area contributed by atoms with E-state index in [0.717, 1.165) is 6.54 Å². The van der Waals surface area contributed by atoms with Crippen molar-refractivity contribution in [2.45, 2.75) is 26.3 Å². The zero-order valence-corrected chi connectivity index (χ0v) is 11.6. The van der Waals surface area contributed by atoms with Crippen LogP contribution in [-0.2, 0) is 13.6 Å². The Hall–Kier alpha value is -1.13. The molecule has 2 aromatic heterocycles. The zero-order valence-electron chi connectivity index (χ0n) is 10.8. The van der Waals surface area contributed by atoms with Crippen molar-refractivity contribution in [3.8, 4) is 11.1 Å². The second-order valence-corrected chi connectivity index (χ2v) is 5.58. The van der Waals surface area contributed by atoms with Gasteiger partial charge in [-0.25, -0.2) is 0 Å². The van der Waals surface area contributed by atoms with Gasteiger partial charge in [-0.1, -0.05) is 13.8 Å². The molecule has 4 heteroatoms. The molecule has 0 bridgehead atoms. The van der Waals surface area contributed by atoms with Gasteiger partial charge in [0.2, 0.25) is 0 Å². The van der Waals surface area contributed by atoms with Crippen LogP contribution in [0.3, 0.4) is 0 Å². The molecule has 0 fully saturated rings. The molecule has 2 heterocycles. The van der Waals surface area contributed by atoms with Crippen LogP contribution >= 0.6 is 11.3 Å². The van der Waals surface area contributed by atoms with E-state index in [2.05, 4.69) is 41.9 Å². The molecule has 0 saturated carbocycles. The van der Waals surface area contributed by atoms with Crippen molar-refractivity contribution in [1.82, 2.24) is 15.1 Å². The van der Waals surface area contributed by atoms with Crippen LogP contribution in [0.5, 0.6) is 0 Å². The van der Waals surface area contributed by atoms with E-state index in [1.807, 2.05) is 18.8 Å². The minimum absolute atomic E-state index is 0.457. The molecule has 0 aliphatic carbocycles. The number of nitrogens with zero attached hydrogens (tertiary/aromatic N) is 2. The minimum Gasteiger partial charge on any atom is -0.315 e. The van der Waals surface area contributed by atoms with E-state index >= 15 is 0 Å². The number of thiophene rings is 1. The third-order valence-electron chi connectivity index (χ3n) is 2.72. The SMILES string of the molecule is CNCc1cc(-c2cn(C)nc2C(C)C)cs1. The lowest BCUT2D eigenvalue weighted by atomic mass is 10.0. The molecule has 0 aromatic carbocycles. The molecule has 3 nitrogen and oxygen atoms in total. The second kappa shape index (κ2) is 5.02. The van der Waals surface area contributed by atoms with Crippen molar-refractivity contribution in [3.63, 3.8) is 0 Å². The summed E-state index contributed by atoms with van der Waals surface area (Å²) in [6.07, 6.45) is 2.11. The highest BCUT2D eigenvalue weighted by molar-refractivity contribution is 7.10. The number of aromatic nitrogens is 2. The molecular weight excluding hydrogens is 230 g/mol. The lowest BCUT2D eigenvalue weighted by Gasteiger charge is -2.02. The Bertz CT molecular complexity index is 496. The molecule has 0 amide bonds. The highest BCUT2D eigenvalue weighted by atomic mass is 32.1. The smallest absolute Gasteiger partial charge is 0.0728 e. The first-order valence-corrected chi connectivity index (χ1v) is 6.75. The van der Waals surface area contributed by atoms with E-state index < -0.39 is 0 Å². The molecule has 0 aliphatic rings. The van der Waals surface area contributed by atoms with E-state index in [1.54, 1.807) is 11.3 Å². The Balaban J connectivity index is 2.37. The van der Waals surface area contributed by atoms with Crippen LogP contribution in [0.2, 0.25) is 0 Å². The summed E-state index contributed by atoms with van der Waals surface area (Å²) in [5, 5.41) is 9.95. The lowest BCUT2D eigenvalue weighted by Crippen LogP contribution is -2.02. The molecule has 92 valence electrons. The van der Waals surface area contributed by atoms with Crippen molar-refractivity contribution in [1.29, 1.82) is 0 Å². The van der Waals surface area contributed by atoms with Gasteiger partial charge in [-0.05, 0) is 30.0 Å². The highest BCUT2D eigenvalue weighted by Gasteiger charge is 2.14. The molecular formula is C13H19N3S. The monoisotopic (exact) mass is 249 g/mol. The van der Waals surface area contributed by atoms with E-state index in [9.17, 15) is 0 Å². The van der Waals surface area contributed by atoms with E-state index in [4.69, 9.17) is 0 Å². The van der Waals surface area contributed by atoms with Crippen LogP contribution in [0, 0.1) is 0 Å². The molecule has 0 aliphatic heterocycles. The lowest BCUT2D eigenvalue weighted by molar-refractivity contribution is 0.713. The summed E-state index contributed by atoms with van der Waals surface area (Å²) < 4.78 is 1.90. The molecule has 2 rings (SSSR count). The maximum atomic E-state index is 4.55. The number of aryl methyl sites for hydroxylation is 1. The van der Waals surface area contributed by atoms with E-state index in [-0.39, 0.29) is 0 Å². The minimum atomic E-state index is 0.457. The van der Waals surface area contributed by atoms with Crippen LogP contribution in [0.4, 0.5) is 0 Å². The van der Waals surface area contributed by atoms with Crippen LogP contribution in [0.15, 0.2) is 17.6 Å². The van der Waals surface area contributed by atoms with Gasteiger partial charge in [0.05, 0.1) is 5.69 Å². The standard InChI is InChI=1S/C13H19N3S/c1-9(2)13-12(7-16(4)15-13)10-5-11(6-14-3)17-8-10/h5,7-9,14H,6H2,1-4H3. The largest absolute Gasteiger partial charge is 0.315 e. The van der Waals surface area contributed by atoms with Gasteiger partial charge in [-0.15, -0.1) is 11.3 Å². The maximum Gasteiger partial charge on any atom is 0.0728 e. The fourth-order valence-electron chi connectivity index (χ4n) is 1.94. The quantitative estimate of drug-likeness (QED) is 0.902. The summed E-state index contributed by atoms with van der Waals surface area (Å²) >= 11 is 1.80.